The van der Waals surface area contributed by atoms with Gasteiger partial charge in [0.15, 0.2) is 4.80 Å². The molecule has 0 saturated carbocycles. The summed E-state index contributed by atoms with van der Waals surface area (Å²) < 4.78 is 20.7. The van der Waals surface area contributed by atoms with Crippen LogP contribution in [-0.4, -0.2) is 35.6 Å². The van der Waals surface area contributed by atoms with E-state index in [1.165, 1.54) is 30.6 Å². The number of amides is 1. The van der Waals surface area contributed by atoms with E-state index in [-0.39, 0.29) is 18.1 Å². The largest absolute Gasteiger partial charge is 0.465 e. The van der Waals surface area contributed by atoms with Gasteiger partial charge in [-0.25, -0.2) is 9.18 Å². The Bertz CT molecular complexity index is 1070. The zero-order valence-electron chi connectivity index (χ0n) is 15.5. The molecule has 0 aliphatic rings. The summed E-state index contributed by atoms with van der Waals surface area (Å²) in [7, 11) is 1.34. The number of nitrogens with zero attached hydrogens (tertiary/aromatic N) is 2. The molecule has 3 rings (SSSR count). The summed E-state index contributed by atoms with van der Waals surface area (Å²) in [6.45, 7) is 0.696. The van der Waals surface area contributed by atoms with Crippen LogP contribution < -0.4 is 4.80 Å². The number of carbonyl (C=O) groups excluding carboxylic acids is 2. The molecule has 0 atom stereocenters. The van der Waals surface area contributed by atoms with Gasteiger partial charge < -0.3 is 9.30 Å². The van der Waals surface area contributed by atoms with Crippen molar-refractivity contribution in [3.8, 4) is 0 Å². The van der Waals surface area contributed by atoms with Crippen molar-refractivity contribution in [3.05, 3.63) is 64.2 Å². The van der Waals surface area contributed by atoms with E-state index in [0.717, 1.165) is 16.0 Å². The van der Waals surface area contributed by atoms with E-state index < -0.39 is 5.97 Å². The molecule has 1 aromatic heterocycles. The quantitative estimate of drug-likeness (QED) is 0.573. The molecule has 0 unspecified atom stereocenters. The van der Waals surface area contributed by atoms with Crippen molar-refractivity contribution < 1.29 is 18.7 Å². The van der Waals surface area contributed by atoms with Crippen LogP contribution in [0, 0.1) is 5.82 Å². The number of hydrogen-bond donors (Lipinski definition) is 0. The van der Waals surface area contributed by atoms with Crippen molar-refractivity contribution in [1.29, 1.82) is 0 Å². The number of benzene rings is 2. The summed E-state index contributed by atoms with van der Waals surface area (Å²) in [6, 6.07) is 11.1. The van der Waals surface area contributed by atoms with E-state index in [2.05, 4.69) is 4.99 Å². The van der Waals surface area contributed by atoms with E-state index in [0.29, 0.717) is 22.5 Å². The number of aryl methyl sites for hydroxylation is 1. The van der Waals surface area contributed by atoms with Crippen LogP contribution in [0.5, 0.6) is 0 Å². The number of thiazole rings is 1. The molecule has 0 fully saturated rings. The molecular weight excluding hydrogens is 399 g/mol. The van der Waals surface area contributed by atoms with Gasteiger partial charge in [0.25, 0.3) is 5.91 Å². The number of hydrogen-bond acceptors (Lipinski definition) is 5. The normalized spacial score (nSPS) is 11.8. The Labute approximate surface area is 169 Å². The highest BCUT2D eigenvalue weighted by Crippen LogP contribution is 2.20. The summed E-state index contributed by atoms with van der Waals surface area (Å²) in [5.41, 5.74) is 2.08. The molecule has 0 spiro atoms. The molecule has 2 aromatic carbocycles. The number of methoxy groups -OCH3 is 1. The number of ether oxygens (including phenoxy) is 1. The molecule has 0 radical (unpaired) electrons. The molecule has 0 aliphatic carbocycles. The molecule has 1 heterocycles. The van der Waals surface area contributed by atoms with Gasteiger partial charge >= 0.3 is 5.97 Å². The first-order valence-corrected chi connectivity index (χ1v) is 10.8. The Morgan fingerprint density at radius 3 is 2.64 bits per heavy atom. The standard InChI is InChI=1S/C20H19FN2O3S2/c1-26-19(25)14-5-8-16-17(12-14)28-20(23(16)9-10-27-2)22-18(24)11-13-3-6-15(21)7-4-13/h3-8,12H,9-11H2,1-2H3. The third-order valence-corrected chi connectivity index (χ3v) is 5.74. The molecule has 146 valence electrons. The summed E-state index contributed by atoms with van der Waals surface area (Å²) in [4.78, 5) is 29.1. The predicted octanol–water partition coefficient (Wildman–Crippen LogP) is 3.66. The zero-order valence-corrected chi connectivity index (χ0v) is 17.1. The Hall–Kier alpha value is -2.45. The van der Waals surface area contributed by atoms with Crippen molar-refractivity contribution in [2.45, 2.75) is 13.0 Å². The van der Waals surface area contributed by atoms with Gasteiger partial charge in [-0.2, -0.15) is 16.8 Å². The molecule has 3 aromatic rings. The van der Waals surface area contributed by atoms with Crippen molar-refractivity contribution in [2.24, 2.45) is 4.99 Å². The first kappa shape index (κ1) is 20.3. The predicted molar refractivity (Wildman–Crippen MR) is 110 cm³/mol. The maximum absolute atomic E-state index is 13.0. The summed E-state index contributed by atoms with van der Waals surface area (Å²) >= 11 is 3.06. The second-order valence-corrected chi connectivity index (χ2v) is 8.01. The molecular formula is C20H19FN2O3S2. The SMILES string of the molecule is COC(=O)c1ccc2c(c1)sc(=NC(=O)Cc1ccc(F)cc1)n2CCSC. The molecule has 0 bridgehead atoms. The lowest BCUT2D eigenvalue weighted by atomic mass is 10.1. The Morgan fingerprint density at radius 2 is 1.96 bits per heavy atom. The van der Waals surface area contributed by atoms with Gasteiger partial charge in [-0.05, 0) is 42.2 Å². The zero-order chi connectivity index (χ0) is 20.1. The maximum atomic E-state index is 13.0. The average molecular weight is 419 g/mol. The van der Waals surface area contributed by atoms with Crippen molar-refractivity contribution in [1.82, 2.24) is 4.57 Å². The van der Waals surface area contributed by atoms with Crippen LogP contribution in [0.1, 0.15) is 15.9 Å². The van der Waals surface area contributed by atoms with Gasteiger partial charge in [-0.15, -0.1) is 0 Å². The highest BCUT2D eigenvalue weighted by atomic mass is 32.2. The molecule has 1 amide bonds. The second-order valence-electron chi connectivity index (χ2n) is 6.01. The Morgan fingerprint density at radius 1 is 1.21 bits per heavy atom. The maximum Gasteiger partial charge on any atom is 0.337 e. The van der Waals surface area contributed by atoms with Crippen molar-refractivity contribution in [3.63, 3.8) is 0 Å². The molecule has 0 N–H and O–H groups in total. The van der Waals surface area contributed by atoms with E-state index in [9.17, 15) is 14.0 Å². The average Bonchev–Trinajstić information content (AvgIpc) is 3.03. The Kier molecular flexibility index (Phi) is 6.64. The van der Waals surface area contributed by atoms with Gasteiger partial charge in [0.05, 0.1) is 29.3 Å². The van der Waals surface area contributed by atoms with Crippen LogP contribution >= 0.6 is 23.1 Å². The monoisotopic (exact) mass is 418 g/mol. The molecule has 5 nitrogen and oxygen atoms in total. The lowest BCUT2D eigenvalue weighted by molar-refractivity contribution is -0.117. The van der Waals surface area contributed by atoms with E-state index in [4.69, 9.17) is 4.74 Å². The second kappa shape index (κ2) is 9.16. The number of carbonyl (C=O) groups is 2. The molecule has 28 heavy (non-hydrogen) atoms. The van der Waals surface area contributed by atoms with Crippen LogP contribution in [0.3, 0.4) is 0 Å². The lowest BCUT2D eigenvalue weighted by Crippen LogP contribution is -2.18. The molecule has 8 heteroatoms. The number of thioether (sulfide) groups is 1. The highest BCUT2D eigenvalue weighted by Gasteiger charge is 2.12. The highest BCUT2D eigenvalue weighted by molar-refractivity contribution is 7.98. The van der Waals surface area contributed by atoms with Crippen molar-refractivity contribution in [2.75, 3.05) is 19.1 Å². The van der Waals surface area contributed by atoms with E-state index in [1.54, 1.807) is 36.0 Å². The van der Waals surface area contributed by atoms with Crippen LogP contribution in [0.15, 0.2) is 47.5 Å². The Balaban J connectivity index is 1.99. The van der Waals surface area contributed by atoms with Crippen LogP contribution in [0.2, 0.25) is 0 Å². The van der Waals surface area contributed by atoms with E-state index >= 15 is 0 Å². The van der Waals surface area contributed by atoms with Gasteiger partial charge in [0.2, 0.25) is 0 Å². The van der Waals surface area contributed by atoms with Gasteiger partial charge in [0, 0.05) is 12.3 Å². The number of rotatable bonds is 6. The minimum Gasteiger partial charge on any atom is -0.465 e. The van der Waals surface area contributed by atoms with Crippen LogP contribution in [0.4, 0.5) is 4.39 Å². The minimum atomic E-state index is -0.406. The van der Waals surface area contributed by atoms with Gasteiger partial charge in [0.1, 0.15) is 5.82 Å². The van der Waals surface area contributed by atoms with Gasteiger partial charge in [-0.3, -0.25) is 4.79 Å². The number of halogens is 1. The first-order chi connectivity index (χ1) is 13.5. The number of aromatic nitrogens is 1. The number of esters is 1. The first-order valence-electron chi connectivity index (χ1n) is 8.54. The summed E-state index contributed by atoms with van der Waals surface area (Å²) in [6.07, 6.45) is 2.12. The minimum absolute atomic E-state index is 0.102. The molecule has 0 aliphatic heterocycles. The number of fused-ring (bicyclic) bond motifs is 1. The van der Waals surface area contributed by atoms with Crippen LogP contribution in [-0.2, 0) is 22.5 Å². The van der Waals surface area contributed by atoms with Crippen molar-refractivity contribution >= 4 is 45.2 Å². The summed E-state index contributed by atoms with van der Waals surface area (Å²) in [5, 5.41) is 0. The fourth-order valence-corrected chi connectivity index (χ4v) is 4.20. The third-order valence-electron chi connectivity index (χ3n) is 4.11. The fourth-order valence-electron chi connectivity index (χ4n) is 2.73. The fraction of sp³-hybridized carbons (Fsp3) is 0.250. The third kappa shape index (κ3) is 4.69. The molecule has 0 saturated heterocycles. The van der Waals surface area contributed by atoms with Crippen LogP contribution in [0.25, 0.3) is 10.2 Å². The lowest BCUT2D eigenvalue weighted by Gasteiger charge is -2.04. The topological polar surface area (TPSA) is 60.7 Å². The summed E-state index contributed by atoms with van der Waals surface area (Å²) in [5.74, 6) is -0.181. The smallest absolute Gasteiger partial charge is 0.337 e. The van der Waals surface area contributed by atoms with Gasteiger partial charge in [-0.1, -0.05) is 23.5 Å². The van der Waals surface area contributed by atoms with E-state index in [1.807, 2.05) is 16.9 Å².